The van der Waals surface area contributed by atoms with E-state index in [1.165, 1.54) is 10.4 Å². The Balaban J connectivity index is 2.08. The van der Waals surface area contributed by atoms with Crippen LogP contribution in [0.5, 0.6) is 0 Å². The third kappa shape index (κ3) is 1.65. The van der Waals surface area contributed by atoms with Gasteiger partial charge in [-0.05, 0) is 35.1 Å². The molecule has 3 rings (SSSR count). The van der Waals surface area contributed by atoms with Crippen molar-refractivity contribution in [1.29, 1.82) is 0 Å². The van der Waals surface area contributed by atoms with Crippen LogP contribution in [-0.2, 0) is 6.42 Å². The molecule has 0 radical (unpaired) electrons. The highest BCUT2D eigenvalue weighted by atomic mass is 35.5. The number of hydrogen-bond donors (Lipinski definition) is 1. The van der Waals surface area contributed by atoms with E-state index in [1.807, 2.05) is 6.07 Å². The van der Waals surface area contributed by atoms with E-state index in [9.17, 15) is 0 Å². The lowest BCUT2D eigenvalue weighted by Gasteiger charge is -2.24. The second-order valence-electron chi connectivity index (χ2n) is 3.84. The first-order valence-electron chi connectivity index (χ1n) is 5.25. The maximum atomic E-state index is 6.19. The Bertz CT molecular complexity index is 509. The maximum absolute atomic E-state index is 6.19. The van der Waals surface area contributed by atoms with Gasteiger partial charge in [-0.15, -0.1) is 11.3 Å². The molecule has 1 unspecified atom stereocenters. The normalized spacial score (nSPS) is 19.4. The molecule has 82 valence electrons. The lowest BCUT2D eigenvalue weighted by atomic mass is 9.98. The molecule has 0 aromatic carbocycles. The zero-order valence-corrected chi connectivity index (χ0v) is 10.2. The fourth-order valence-corrected chi connectivity index (χ4v) is 3.40. The molecule has 1 N–H and O–H groups in total. The Hall–Kier alpha value is -0.900. The Kier molecular flexibility index (Phi) is 2.67. The molecule has 1 aliphatic rings. The van der Waals surface area contributed by atoms with Gasteiger partial charge in [0.15, 0.2) is 0 Å². The first-order chi connectivity index (χ1) is 7.86. The molecule has 2 aromatic rings. The van der Waals surface area contributed by atoms with E-state index in [2.05, 4.69) is 21.7 Å². The number of halogens is 1. The highest BCUT2D eigenvalue weighted by Gasteiger charge is 2.23. The first-order valence-corrected chi connectivity index (χ1v) is 6.51. The molecule has 0 saturated heterocycles. The lowest BCUT2D eigenvalue weighted by molar-refractivity contribution is 0.578. The van der Waals surface area contributed by atoms with Crippen molar-refractivity contribution in [3.8, 4) is 0 Å². The summed E-state index contributed by atoms with van der Waals surface area (Å²) in [5.74, 6) is 0. The molecule has 0 spiro atoms. The molecular weight excluding hydrogens is 240 g/mol. The fourth-order valence-electron chi connectivity index (χ4n) is 2.12. The van der Waals surface area contributed by atoms with E-state index in [1.54, 1.807) is 23.7 Å². The summed E-state index contributed by atoms with van der Waals surface area (Å²) in [5, 5.41) is 6.41. The van der Waals surface area contributed by atoms with E-state index >= 15 is 0 Å². The second kappa shape index (κ2) is 4.17. The highest BCUT2D eigenvalue weighted by molar-refractivity contribution is 7.10. The SMILES string of the molecule is Clc1cnccc1C1NCCc2ccsc21. The topological polar surface area (TPSA) is 24.9 Å². The molecule has 4 heteroatoms. The van der Waals surface area contributed by atoms with Crippen LogP contribution in [0.1, 0.15) is 22.0 Å². The van der Waals surface area contributed by atoms with Gasteiger partial charge < -0.3 is 5.32 Å². The summed E-state index contributed by atoms with van der Waals surface area (Å²) in [7, 11) is 0. The van der Waals surface area contributed by atoms with Crippen LogP contribution in [0.25, 0.3) is 0 Å². The van der Waals surface area contributed by atoms with E-state index in [0.29, 0.717) is 0 Å². The van der Waals surface area contributed by atoms with Gasteiger partial charge in [-0.2, -0.15) is 0 Å². The van der Waals surface area contributed by atoms with E-state index in [0.717, 1.165) is 23.6 Å². The quantitative estimate of drug-likeness (QED) is 0.842. The standard InChI is InChI=1S/C12H11ClN2S/c13-10-7-14-4-2-9(10)11-12-8(1-5-15-11)3-6-16-12/h2-4,6-7,11,15H,1,5H2. The number of pyridine rings is 1. The minimum Gasteiger partial charge on any atom is -0.305 e. The van der Waals surface area contributed by atoms with Crippen LogP contribution in [0.2, 0.25) is 5.02 Å². The number of nitrogens with one attached hydrogen (secondary N) is 1. The number of aromatic nitrogens is 1. The van der Waals surface area contributed by atoms with Crippen LogP contribution >= 0.6 is 22.9 Å². The van der Waals surface area contributed by atoms with E-state index < -0.39 is 0 Å². The summed E-state index contributed by atoms with van der Waals surface area (Å²) in [5.41, 5.74) is 2.57. The van der Waals surface area contributed by atoms with Crippen molar-refractivity contribution in [3.63, 3.8) is 0 Å². The van der Waals surface area contributed by atoms with Gasteiger partial charge in [0.05, 0.1) is 11.1 Å². The summed E-state index contributed by atoms with van der Waals surface area (Å²) < 4.78 is 0. The molecule has 2 nitrogen and oxygen atoms in total. The van der Waals surface area contributed by atoms with Crippen LogP contribution in [0.15, 0.2) is 29.9 Å². The minimum absolute atomic E-state index is 0.235. The van der Waals surface area contributed by atoms with Gasteiger partial charge in [0.1, 0.15) is 0 Å². The van der Waals surface area contributed by atoms with E-state index in [4.69, 9.17) is 11.6 Å². The summed E-state index contributed by atoms with van der Waals surface area (Å²) in [4.78, 5) is 5.42. The third-order valence-electron chi connectivity index (χ3n) is 2.90. The average molecular weight is 251 g/mol. The van der Waals surface area contributed by atoms with Gasteiger partial charge in [-0.1, -0.05) is 11.6 Å². The van der Waals surface area contributed by atoms with Crippen LogP contribution in [-0.4, -0.2) is 11.5 Å². The number of nitrogens with zero attached hydrogens (tertiary/aromatic N) is 1. The number of rotatable bonds is 1. The number of thiophene rings is 1. The maximum Gasteiger partial charge on any atom is 0.0689 e. The summed E-state index contributed by atoms with van der Waals surface area (Å²) in [6.45, 7) is 1.01. The van der Waals surface area contributed by atoms with Crippen LogP contribution in [0, 0.1) is 0 Å². The molecular formula is C12H11ClN2S. The molecule has 2 aromatic heterocycles. The largest absolute Gasteiger partial charge is 0.305 e. The molecule has 1 aliphatic heterocycles. The Labute approximate surface area is 103 Å². The van der Waals surface area contributed by atoms with Crippen molar-refractivity contribution < 1.29 is 0 Å². The first kappa shape index (κ1) is 10.3. The monoisotopic (exact) mass is 250 g/mol. The molecule has 0 bridgehead atoms. The van der Waals surface area contributed by atoms with Gasteiger partial charge >= 0.3 is 0 Å². The zero-order chi connectivity index (χ0) is 11.0. The smallest absolute Gasteiger partial charge is 0.0689 e. The van der Waals surface area contributed by atoms with Gasteiger partial charge in [0.25, 0.3) is 0 Å². The average Bonchev–Trinajstić information content (AvgIpc) is 2.77. The molecule has 3 heterocycles. The van der Waals surface area contributed by atoms with E-state index in [-0.39, 0.29) is 6.04 Å². The van der Waals surface area contributed by atoms with Gasteiger partial charge in [0.2, 0.25) is 0 Å². The zero-order valence-electron chi connectivity index (χ0n) is 8.61. The molecule has 0 fully saturated rings. The molecule has 0 aliphatic carbocycles. The van der Waals surface area contributed by atoms with Crippen molar-refractivity contribution in [2.45, 2.75) is 12.5 Å². The van der Waals surface area contributed by atoms with Gasteiger partial charge in [-0.25, -0.2) is 0 Å². The molecule has 1 atom stereocenters. The molecule has 16 heavy (non-hydrogen) atoms. The van der Waals surface area contributed by atoms with Crippen molar-refractivity contribution in [2.24, 2.45) is 0 Å². The van der Waals surface area contributed by atoms with Gasteiger partial charge in [-0.3, -0.25) is 4.98 Å². The predicted molar refractivity (Wildman–Crippen MR) is 67.1 cm³/mol. The lowest BCUT2D eigenvalue weighted by Crippen LogP contribution is -2.29. The predicted octanol–water partition coefficient (Wildman–Crippen LogP) is 3.03. The third-order valence-corrected chi connectivity index (χ3v) is 4.24. The number of hydrogen-bond acceptors (Lipinski definition) is 3. The van der Waals surface area contributed by atoms with Crippen molar-refractivity contribution in [1.82, 2.24) is 10.3 Å². The molecule has 0 saturated carbocycles. The van der Waals surface area contributed by atoms with Crippen LogP contribution < -0.4 is 5.32 Å². The fraction of sp³-hybridized carbons (Fsp3) is 0.250. The van der Waals surface area contributed by atoms with Crippen molar-refractivity contribution in [2.75, 3.05) is 6.54 Å². The van der Waals surface area contributed by atoms with Crippen molar-refractivity contribution >= 4 is 22.9 Å². The van der Waals surface area contributed by atoms with Crippen molar-refractivity contribution in [3.05, 3.63) is 50.9 Å². The Morgan fingerprint density at radius 1 is 1.44 bits per heavy atom. The summed E-state index contributed by atoms with van der Waals surface area (Å²) in [6.07, 6.45) is 4.61. The summed E-state index contributed by atoms with van der Waals surface area (Å²) in [6, 6.07) is 4.44. The number of fused-ring (bicyclic) bond motifs is 1. The Morgan fingerprint density at radius 3 is 3.25 bits per heavy atom. The van der Waals surface area contributed by atoms with Crippen LogP contribution in [0.4, 0.5) is 0 Å². The highest BCUT2D eigenvalue weighted by Crippen LogP contribution is 2.35. The second-order valence-corrected chi connectivity index (χ2v) is 5.20. The Morgan fingerprint density at radius 2 is 2.38 bits per heavy atom. The van der Waals surface area contributed by atoms with Gasteiger partial charge in [0, 0.05) is 23.8 Å². The summed E-state index contributed by atoms with van der Waals surface area (Å²) >= 11 is 7.99. The minimum atomic E-state index is 0.235. The van der Waals surface area contributed by atoms with Crippen LogP contribution in [0.3, 0.4) is 0 Å². The molecule has 0 amide bonds.